The normalized spacial score (nSPS) is 21.2. The van der Waals surface area contributed by atoms with E-state index in [0.717, 1.165) is 18.0 Å². The molecule has 19 heavy (non-hydrogen) atoms. The number of fused-ring (bicyclic) bond motifs is 1. The Morgan fingerprint density at radius 2 is 2.21 bits per heavy atom. The van der Waals surface area contributed by atoms with Crippen LogP contribution in [0.15, 0.2) is 0 Å². The Kier molecular flexibility index (Phi) is 4.64. The standard InChI is InChI=1S/C15H26N2OS/c1-6-16-10-8-7-9-11-12(10)19-14(17-11)13(18-5)15(2,3)4/h10,13,16H,6-9H2,1-5H3. The van der Waals surface area contributed by atoms with E-state index in [1.165, 1.54) is 23.4 Å². The van der Waals surface area contributed by atoms with Gasteiger partial charge in [-0.1, -0.05) is 27.7 Å². The first-order valence-electron chi connectivity index (χ1n) is 7.23. The number of rotatable bonds is 4. The highest BCUT2D eigenvalue weighted by Crippen LogP contribution is 2.42. The van der Waals surface area contributed by atoms with Gasteiger partial charge < -0.3 is 10.1 Å². The number of aryl methyl sites for hydroxylation is 1. The van der Waals surface area contributed by atoms with Crippen LogP contribution in [0.25, 0.3) is 0 Å². The molecule has 3 nitrogen and oxygen atoms in total. The molecule has 2 rings (SSSR count). The van der Waals surface area contributed by atoms with Crippen LogP contribution in [0.1, 0.15) is 68.3 Å². The molecule has 0 fully saturated rings. The van der Waals surface area contributed by atoms with Gasteiger partial charge in [-0.2, -0.15) is 0 Å². The molecule has 0 aliphatic heterocycles. The van der Waals surface area contributed by atoms with E-state index in [9.17, 15) is 0 Å². The molecule has 1 aliphatic carbocycles. The number of methoxy groups -OCH3 is 1. The van der Waals surface area contributed by atoms with Gasteiger partial charge >= 0.3 is 0 Å². The van der Waals surface area contributed by atoms with Crippen LogP contribution >= 0.6 is 11.3 Å². The Morgan fingerprint density at radius 3 is 2.79 bits per heavy atom. The second-order valence-corrected chi connectivity index (χ2v) is 7.41. The lowest BCUT2D eigenvalue weighted by atomic mass is 9.89. The molecule has 2 atom stereocenters. The molecule has 0 saturated carbocycles. The van der Waals surface area contributed by atoms with Crippen molar-refractivity contribution in [3.8, 4) is 0 Å². The van der Waals surface area contributed by atoms with Gasteiger partial charge in [0.15, 0.2) is 0 Å². The first kappa shape index (κ1) is 14.9. The summed E-state index contributed by atoms with van der Waals surface area (Å²) in [6, 6.07) is 0.498. The SMILES string of the molecule is CCNC1CCCc2nc(C(OC)C(C)(C)C)sc21. The van der Waals surface area contributed by atoms with Crippen molar-refractivity contribution in [2.45, 2.75) is 59.1 Å². The van der Waals surface area contributed by atoms with Gasteiger partial charge in [-0.15, -0.1) is 11.3 Å². The third kappa shape index (κ3) is 3.18. The molecular weight excluding hydrogens is 256 g/mol. The maximum absolute atomic E-state index is 5.70. The Labute approximate surface area is 120 Å². The monoisotopic (exact) mass is 282 g/mol. The van der Waals surface area contributed by atoms with Crippen molar-refractivity contribution in [2.24, 2.45) is 5.41 Å². The van der Waals surface area contributed by atoms with E-state index in [1.54, 1.807) is 7.11 Å². The van der Waals surface area contributed by atoms with E-state index < -0.39 is 0 Å². The zero-order valence-electron chi connectivity index (χ0n) is 12.7. The van der Waals surface area contributed by atoms with E-state index in [-0.39, 0.29) is 11.5 Å². The summed E-state index contributed by atoms with van der Waals surface area (Å²) in [7, 11) is 1.79. The molecule has 1 aromatic rings. The summed E-state index contributed by atoms with van der Waals surface area (Å²) >= 11 is 1.84. The number of aromatic nitrogens is 1. The van der Waals surface area contributed by atoms with Crippen LogP contribution < -0.4 is 5.32 Å². The first-order valence-corrected chi connectivity index (χ1v) is 8.04. The molecule has 0 aromatic carbocycles. The van der Waals surface area contributed by atoms with Crippen molar-refractivity contribution in [2.75, 3.05) is 13.7 Å². The quantitative estimate of drug-likeness (QED) is 0.910. The Bertz CT molecular complexity index is 422. The van der Waals surface area contributed by atoms with Crippen LogP contribution in [-0.2, 0) is 11.2 Å². The zero-order chi connectivity index (χ0) is 14.0. The van der Waals surface area contributed by atoms with Crippen molar-refractivity contribution in [3.63, 3.8) is 0 Å². The van der Waals surface area contributed by atoms with Crippen molar-refractivity contribution in [1.29, 1.82) is 0 Å². The fourth-order valence-electron chi connectivity index (χ4n) is 2.82. The van der Waals surface area contributed by atoms with Crippen LogP contribution in [0.5, 0.6) is 0 Å². The lowest BCUT2D eigenvalue weighted by Crippen LogP contribution is -2.23. The molecule has 4 heteroatoms. The van der Waals surface area contributed by atoms with E-state index in [2.05, 4.69) is 33.0 Å². The molecule has 0 radical (unpaired) electrons. The van der Waals surface area contributed by atoms with Crippen LogP contribution in [0.4, 0.5) is 0 Å². The number of thiazole rings is 1. The lowest BCUT2D eigenvalue weighted by molar-refractivity contribution is 0.0149. The van der Waals surface area contributed by atoms with Crippen molar-refractivity contribution >= 4 is 11.3 Å². The summed E-state index contributed by atoms with van der Waals surface area (Å²) in [5.41, 5.74) is 1.38. The highest BCUT2D eigenvalue weighted by molar-refractivity contribution is 7.12. The average molecular weight is 282 g/mol. The van der Waals surface area contributed by atoms with E-state index in [1.807, 2.05) is 11.3 Å². The fourth-order valence-corrected chi connectivity index (χ4v) is 4.36. The van der Waals surface area contributed by atoms with Gasteiger partial charge in [0.25, 0.3) is 0 Å². The van der Waals surface area contributed by atoms with Gasteiger partial charge in [0.2, 0.25) is 0 Å². The van der Waals surface area contributed by atoms with Crippen LogP contribution in [0.2, 0.25) is 0 Å². The van der Waals surface area contributed by atoms with E-state index in [4.69, 9.17) is 9.72 Å². The lowest BCUT2D eigenvalue weighted by Gasteiger charge is -2.27. The van der Waals surface area contributed by atoms with Gasteiger partial charge in [-0.05, 0) is 31.2 Å². The molecule has 0 spiro atoms. The van der Waals surface area contributed by atoms with E-state index >= 15 is 0 Å². The predicted molar refractivity (Wildman–Crippen MR) is 80.7 cm³/mol. The molecule has 108 valence electrons. The highest BCUT2D eigenvalue weighted by Gasteiger charge is 2.32. The molecule has 0 saturated heterocycles. The minimum absolute atomic E-state index is 0.0862. The van der Waals surface area contributed by atoms with E-state index in [0.29, 0.717) is 6.04 Å². The summed E-state index contributed by atoms with van der Waals surface area (Å²) in [4.78, 5) is 6.31. The van der Waals surface area contributed by atoms with Crippen LogP contribution in [0.3, 0.4) is 0 Å². The molecule has 0 amide bonds. The van der Waals surface area contributed by atoms with Crippen molar-refractivity contribution < 1.29 is 4.74 Å². The maximum Gasteiger partial charge on any atom is 0.123 e. The van der Waals surface area contributed by atoms with Crippen LogP contribution in [-0.4, -0.2) is 18.6 Å². The molecular formula is C15H26N2OS. The summed E-state index contributed by atoms with van der Waals surface area (Å²) in [6.07, 6.45) is 3.68. The molecule has 1 aliphatic rings. The Hall–Kier alpha value is -0.450. The fraction of sp³-hybridized carbons (Fsp3) is 0.800. The number of nitrogens with one attached hydrogen (secondary N) is 1. The average Bonchev–Trinajstić information content (AvgIpc) is 2.72. The van der Waals surface area contributed by atoms with Crippen LogP contribution in [0, 0.1) is 5.41 Å². The first-order chi connectivity index (χ1) is 8.97. The minimum atomic E-state index is 0.0862. The molecule has 1 aromatic heterocycles. The second-order valence-electron chi connectivity index (χ2n) is 6.35. The third-order valence-electron chi connectivity index (χ3n) is 3.66. The zero-order valence-corrected chi connectivity index (χ0v) is 13.6. The summed E-state index contributed by atoms with van der Waals surface area (Å²) in [6.45, 7) is 9.82. The number of hydrogen-bond acceptors (Lipinski definition) is 4. The summed E-state index contributed by atoms with van der Waals surface area (Å²) < 4.78 is 5.70. The highest BCUT2D eigenvalue weighted by atomic mass is 32.1. The third-order valence-corrected chi connectivity index (χ3v) is 4.92. The summed E-state index contributed by atoms with van der Waals surface area (Å²) in [5.74, 6) is 0. The molecule has 1 N–H and O–H groups in total. The molecule has 2 unspecified atom stereocenters. The predicted octanol–water partition coefficient (Wildman–Crippen LogP) is 3.86. The molecule has 0 bridgehead atoms. The van der Waals surface area contributed by atoms with Gasteiger partial charge in [-0.3, -0.25) is 0 Å². The number of hydrogen-bond donors (Lipinski definition) is 1. The smallest absolute Gasteiger partial charge is 0.123 e. The van der Waals surface area contributed by atoms with Crippen molar-refractivity contribution in [1.82, 2.24) is 10.3 Å². The summed E-state index contributed by atoms with van der Waals surface area (Å²) in [5, 5.41) is 4.72. The number of nitrogens with zero attached hydrogens (tertiary/aromatic N) is 1. The second kappa shape index (κ2) is 5.90. The van der Waals surface area contributed by atoms with Gasteiger partial charge in [0.1, 0.15) is 11.1 Å². The number of ether oxygens (including phenoxy) is 1. The van der Waals surface area contributed by atoms with Gasteiger partial charge in [0, 0.05) is 18.0 Å². The Balaban J connectivity index is 2.30. The Morgan fingerprint density at radius 1 is 1.47 bits per heavy atom. The van der Waals surface area contributed by atoms with Crippen molar-refractivity contribution in [3.05, 3.63) is 15.6 Å². The van der Waals surface area contributed by atoms with Gasteiger partial charge in [-0.25, -0.2) is 4.98 Å². The van der Waals surface area contributed by atoms with Gasteiger partial charge in [0.05, 0.1) is 5.69 Å². The molecule has 1 heterocycles. The minimum Gasteiger partial charge on any atom is -0.374 e. The largest absolute Gasteiger partial charge is 0.374 e. The maximum atomic E-state index is 5.70. The topological polar surface area (TPSA) is 34.2 Å².